The van der Waals surface area contributed by atoms with E-state index in [2.05, 4.69) is 36.4 Å². The first-order valence-electron chi connectivity index (χ1n) is 12.3. The Balaban J connectivity index is 1.74. The van der Waals surface area contributed by atoms with Gasteiger partial charge in [0.25, 0.3) is 0 Å². The van der Waals surface area contributed by atoms with Gasteiger partial charge in [0.2, 0.25) is 0 Å². The molecule has 0 aromatic heterocycles. The molecule has 0 aliphatic heterocycles. The highest BCUT2D eigenvalue weighted by Gasteiger charge is 2.53. The maximum atomic E-state index is 14.3. The van der Waals surface area contributed by atoms with E-state index in [1.165, 1.54) is 12.1 Å². The molecule has 0 fully saturated rings. The first-order chi connectivity index (χ1) is 18.2. The van der Waals surface area contributed by atoms with Crippen LogP contribution in [0.25, 0.3) is 0 Å². The van der Waals surface area contributed by atoms with Crippen LogP contribution in [0.15, 0.2) is 140 Å². The zero-order chi connectivity index (χ0) is 25.5. The van der Waals surface area contributed by atoms with E-state index in [1.807, 2.05) is 84.9 Å². The van der Waals surface area contributed by atoms with Gasteiger partial charge in [-0.05, 0) is 59.7 Å². The fourth-order valence-corrected chi connectivity index (χ4v) is 9.54. The molecular weight excluding hydrogens is 481 g/mol. The van der Waals surface area contributed by atoms with Crippen molar-refractivity contribution in [1.29, 1.82) is 0 Å². The number of halogens is 2. The van der Waals surface area contributed by atoms with Crippen LogP contribution in [0.2, 0.25) is 0 Å². The Hall–Kier alpha value is -3.65. The van der Waals surface area contributed by atoms with Crippen molar-refractivity contribution in [1.82, 2.24) is 0 Å². The van der Waals surface area contributed by atoms with Crippen molar-refractivity contribution in [3.05, 3.63) is 162 Å². The second kappa shape index (κ2) is 11.6. The van der Waals surface area contributed by atoms with Gasteiger partial charge < -0.3 is 4.74 Å². The van der Waals surface area contributed by atoms with Crippen LogP contribution in [0.4, 0.5) is 8.78 Å². The van der Waals surface area contributed by atoms with Crippen molar-refractivity contribution in [3.63, 3.8) is 0 Å². The summed E-state index contributed by atoms with van der Waals surface area (Å²) in [5, 5.41) is 3.46. The van der Waals surface area contributed by atoms with E-state index in [0.29, 0.717) is 18.6 Å². The van der Waals surface area contributed by atoms with E-state index in [4.69, 9.17) is 4.74 Å². The lowest BCUT2D eigenvalue weighted by Gasteiger charge is -2.34. The van der Waals surface area contributed by atoms with Crippen LogP contribution < -0.4 is 15.9 Å². The molecule has 0 saturated carbocycles. The minimum atomic E-state index is -2.46. The average Bonchev–Trinajstić information content (AvgIpc) is 2.94. The number of rotatable bonds is 9. The standard InChI is InChI=1S/C33H28F2OP/c34-28-21-27(22-29(35)24-28)23-33(36-25-26-13-5-1-6-14-26)37(30-15-7-2-8-16-30,31-17-9-3-10-18-31)32-19-11-4-12-20-32/h1-22,24,33H,23,25H2/q+1. The molecule has 0 N–H and O–H groups in total. The Morgan fingerprint density at radius 3 is 1.35 bits per heavy atom. The minimum Gasteiger partial charge on any atom is -0.338 e. The smallest absolute Gasteiger partial charge is 0.185 e. The van der Waals surface area contributed by atoms with Gasteiger partial charge >= 0.3 is 0 Å². The largest absolute Gasteiger partial charge is 0.338 e. The molecule has 5 aromatic rings. The van der Waals surface area contributed by atoms with Crippen molar-refractivity contribution in [2.24, 2.45) is 0 Å². The molecule has 1 unspecified atom stereocenters. The van der Waals surface area contributed by atoms with Crippen LogP contribution in [-0.4, -0.2) is 5.85 Å². The van der Waals surface area contributed by atoms with Gasteiger partial charge in [-0.3, -0.25) is 0 Å². The molecule has 0 bridgehead atoms. The lowest BCUT2D eigenvalue weighted by Crippen LogP contribution is -2.41. The zero-order valence-electron chi connectivity index (χ0n) is 20.4. The third kappa shape index (κ3) is 5.54. The summed E-state index contributed by atoms with van der Waals surface area (Å²) in [5.41, 5.74) is 1.62. The Kier molecular flexibility index (Phi) is 7.84. The van der Waals surface area contributed by atoms with E-state index < -0.39 is 18.9 Å². The molecule has 0 aliphatic rings. The summed E-state index contributed by atoms with van der Waals surface area (Å²) in [6.45, 7) is 0.386. The maximum absolute atomic E-state index is 14.3. The summed E-state index contributed by atoms with van der Waals surface area (Å²) in [6.07, 6.45) is 0.355. The van der Waals surface area contributed by atoms with Gasteiger partial charge in [-0.25, -0.2) is 8.78 Å². The van der Waals surface area contributed by atoms with Crippen LogP contribution in [0.3, 0.4) is 0 Å². The van der Waals surface area contributed by atoms with Gasteiger partial charge in [0.1, 0.15) is 34.8 Å². The van der Waals surface area contributed by atoms with Crippen LogP contribution in [0.5, 0.6) is 0 Å². The monoisotopic (exact) mass is 509 g/mol. The summed E-state index contributed by atoms with van der Waals surface area (Å²) in [4.78, 5) is 0. The molecule has 5 rings (SSSR count). The number of ether oxygens (including phenoxy) is 1. The zero-order valence-corrected chi connectivity index (χ0v) is 21.3. The van der Waals surface area contributed by atoms with Crippen molar-refractivity contribution in [2.45, 2.75) is 18.9 Å². The lowest BCUT2D eigenvalue weighted by molar-refractivity contribution is 0.0951. The van der Waals surface area contributed by atoms with Crippen LogP contribution in [-0.2, 0) is 17.8 Å². The molecule has 0 spiro atoms. The molecule has 184 valence electrons. The normalized spacial score (nSPS) is 12.3. The summed E-state index contributed by atoms with van der Waals surface area (Å²) < 4.78 is 35.5. The summed E-state index contributed by atoms with van der Waals surface area (Å²) in [6, 6.07) is 45.0. The molecular formula is C33H28F2OP+. The first kappa shape index (κ1) is 25.0. The van der Waals surface area contributed by atoms with Crippen LogP contribution >= 0.6 is 7.26 Å². The van der Waals surface area contributed by atoms with E-state index in [9.17, 15) is 8.78 Å². The Morgan fingerprint density at radius 2 is 0.919 bits per heavy atom. The molecule has 1 nitrogen and oxygen atoms in total. The summed E-state index contributed by atoms with van der Waals surface area (Å²) in [7, 11) is -2.46. The van der Waals surface area contributed by atoms with Gasteiger partial charge in [-0.2, -0.15) is 0 Å². The van der Waals surface area contributed by atoms with E-state index in [1.54, 1.807) is 0 Å². The molecule has 4 heteroatoms. The van der Waals surface area contributed by atoms with Crippen molar-refractivity contribution in [2.75, 3.05) is 0 Å². The molecule has 0 radical (unpaired) electrons. The predicted octanol–water partition coefficient (Wildman–Crippen LogP) is 7.04. The number of hydrogen-bond donors (Lipinski definition) is 0. The second-order valence-corrected chi connectivity index (χ2v) is 12.5. The molecule has 0 saturated heterocycles. The van der Waals surface area contributed by atoms with Gasteiger partial charge in [0.15, 0.2) is 5.85 Å². The van der Waals surface area contributed by atoms with Gasteiger partial charge in [0, 0.05) is 12.5 Å². The number of hydrogen-bond acceptors (Lipinski definition) is 1. The highest BCUT2D eigenvalue weighted by Crippen LogP contribution is 2.61. The second-order valence-electron chi connectivity index (χ2n) is 8.96. The first-order valence-corrected chi connectivity index (χ1v) is 14.2. The Labute approximate surface area is 217 Å². The lowest BCUT2D eigenvalue weighted by atomic mass is 10.1. The third-order valence-electron chi connectivity index (χ3n) is 6.54. The molecule has 5 aromatic carbocycles. The van der Waals surface area contributed by atoms with Crippen molar-refractivity contribution < 1.29 is 13.5 Å². The van der Waals surface area contributed by atoms with Crippen molar-refractivity contribution >= 4 is 23.2 Å². The van der Waals surface area contributed by atoms with Gasteiger partial charge in [-0.15, -0.1) is 0 Å². The predicted molar refractivity (Wildman–Crippen MR) is 150 cm³/mol. The maximum Gasteiger partial charge on any atom is 0.185 e. The summed E-state index contributed by atoms with van der Waals surface area (Å²) >= 11 is 0. The van der Waals surface area contributed by atoms with E-state index in [-0.39, 0.29) is 5.85 Å². The Morgan fingerprint density at radius 1 is 0.514 bits per heavy atom. The topological polar surface area (TPSA) is 9.23 Å². The summed E-state index contributed by atoms with van der Waals surface area (Å²) in [5.74, 6) is -1.54. The molecule has 0 aliphatic carbocycles. The van der Waals surface area contributed by atoms with E-state index >= 15 is 0 Å². The van der Waals surface area contributed by atoms with Crippen LogP contribution in [0, 0.1) is 11.6 Å². The molecule has 1 atom stereocenters. The molecule has 37 heavy (non-hydrogen) atoms. The SMILES string of the molecule is Fc1cc(F)cc(CC(OCc2ccccc2)[P+](c2ccccc2)(c2ccccc2)c2ccccc2)c1. The molecule has 0 amide bonds. The fraction of sp³-hybridized carbons (Fsp3) is 0.0909. The van der Waals surface area contributed by atoms with Crippen molar-refractivity contribution in [3.8, 4) is 0 Å². The third-order valence-corrected chi connectivity index (χ3v) is 11.1. The minimum absolute atomic E-state index is 0.355. The quantitative estimate of drug-likeness (QED) is 0.194. The highest BCUT2D eigenvalue weighted by molar-refractivity contribution is 7.96. The van der Waals surface area contributed by atoms with Gasteiger partial charge in [-0.1, -0.05) is 84.9 Å². The fourth-order valence-electron chi connectivity index (χ4n) is 4.94. The highest BCUT2D eigenvalue weighted by atomic mass is 31.2. The Bertz CT molecular complexity index is 1290. The van der Waals surface area contributed by atoms with E-state index in [0.717, 1.165) is 27.5 Å². The number of benzene rings is 5. The molecule has 0 heterocycles. The van der Waals surface area contributed by atoms with Crippen LogP contribution in [0.1, 0.15) is 11.1 Å². The average molecular weight is 510 g/mol. The van der Waals surface area contributed by atoms with Gasteiger partial charge in [0.05, 0.1) is 6.61 Å².